The molecule has 2 unspecified atom stereocenters. The lowest BCUT2D eigenvalue weighted by Gasteiger charge is -2.31. The Morgan fingerprint density at radius 1 is 1.61 bits per heavy atom. The van der Waals surface area contributed by atoms with Crippen LogP contribution in [0.1, 0.15) is 41.0 Å². The molecule has 0 spiro atoms. The SMILES string of the molecule is CCOC(=O)C(C)NC1=NC(C(C)(C)C)CCS1. The number of amidine groups is 1. The molecular formula is C13H24N2O2S. The van der Waals surface area contributed by atoms with E-state index in [1.54, 1.807) is 11.8 Å². The molecule has 4 nitrogen and oxygen atoms in total. The van der Waals surface area contributed by atoms with E-state index in [1.165, 1.54) is 0 Å². The van der Waals surface area contributed by atoms with Crippen LogP contribution in [0.4, 0.5) is 0 Å². The van der Waals surface area contributed by atoms with E-state index in [4.69, 9.17) is 9.73 Å². The predicted molar refractivity (Wildman–Crippen MR) is 77.0 cm³/mol. The van der Waals surface area contributed by atoms with Crippen molar-refractivity contribution in [2.45, 2.75) is 53.1 Å². The smallest absolute Gasteiger partial charge is 0.328 e. The third-order valence-electron chi connectivity index (χ3n) is 2.88. The molecule has 5 heteroatoms. The van der Waals surface area contributed by atoms with Gasteiger partial charge in [0, 0.05) is 5.75 Å². The van der Waals surface area contributed by atoms with Gasteiger partial charge in [-0.25, -0.2) is 4.79 Å². The van der Waals surface area contributed by atoms with Crippen LogP contribution in [0, 0.1) is 5.41 Å². The van der Waals surface area contributed by atoms with Crippen LogP contribution in [0.3, 0.4) is 0 Å². The minimum absolute atomic E-state index is 0.168. The fraction of sp³-hybridized carbons (Fsp3) is 0.846. The van der Waals surface area contributed by atoms with Crippen LogP contribution in [-0.4, -0.2) is 35.6 Å². The summed E-state index contributed by atoms with van der Waals surface area (Å²) in [6, 6.07) is -0.0226. The van der Waals surface area contributed by atoms with Gasteiger partial charge in [-0.3, -0.25) is 4.99 Å². The van der Waals surface area contributed by atoms with Crippen molar-refractivity contribution in [3.63, 3.8) is 0 Å². The van der Waals surface area contributed by atoms with Gasteiger partial charge in [0.2, 0.25) is 0 Å². The van der Waals surface area contributed by atoms with E-state index in [0.717, 1.165) is 17.3 Å². The summed E-state index contributed by atoms with van der Waals surface area (Å²) in [6.07, 6.45) is 1.09. The zero-order valence-corrected chi connectivity index (χ0v) is 12.8. The maximum Gasteiger partial charge on any atom is 0.328 e. The van der Waals surface area contributed by atoms with E-state index in [9.17, 15) is 4.79 Å². The van der Waals surface area contributed by atoms with Crippen LogP contribution in [0.2, 0.25) is 0 Å². The molecule has 0 aromatic carbocycles. The van der Waals surface area contributed by atoms with E-state index in [0.29, 0.717) is 12.6 Å². The molecule has 0 bridgehead atoms. The minimum Gasteiger partial charge on any atom is -0.464 e. The number of thioether (sulfide) groups is 1. The molecule has 0 radical (unpaired) electrons. The van der Waals surface area contributed by atoms with Gasteiger partial charge < -0.3 is 10.1 Å². The molecular weight excluding hydrogens is 248 g/mol. The summed E-state index contributed by atoms with van der Waals surface area (Å²) in [4.78, 5) is 16.2. The van der Waals surface area contributed by atoms with Crippen LogP contribution in [0.15, 0.2) is 4.99 Å². The molecule has 0 fully saturated rings. The molecule has 1 rings (SSSR count). The first kappa shape index (κ1) is 15.3. The molecule has 104 valence electrons. The standard InChI is InChI=1S/C13H24N2O2S/c1-6-17-11(16)9(2)14-12-15-10(7-8-18-12)13(3,4)5/h9-10H,6-8H2,1-5H3,(H,14,15). The first-order valence-electron chi connectivity index (χ1n) is 6.48. The number of aliphatic imine (C=N–C) groups is 1. The minimum atomic E-state index is -0.338. The van der Waals surface area contributed by atoms with E-state index in [2.05, 4.69) is 26.1 Å². The second-order valence-electron chi connectivity index (χ2n) is 5.57. The van der Waals surface area contributed by atoms with Crippen LogP contribution in [0.5, 0.6) is 0 Å². The van der Waals surface area contributed by atoms with Crippen LogP contribution in [0.25, 0.3) is 0 Å². The highest BCUT2D eigenvalue weighted by molar-refractivity contribution is 8.13. The average molecular weight is 272 g/mol. The molecule has 1 aliphatic rings. The lowest BCUT2D eigenvalue weighted by molar-refractivity contribution is -0.144. The predicted octanol–water partition coefficient (Wildman–Crippen LogP) is 2.44. The summed E-state index contributed by atoms with van der Waals surface area (Å²) in [7, 11) is 0. The molecule has 0 aliphatic carbocycles. The van der Waals surface area contributed by atoms with Crippen molar-refractivity contribution in [2.75, 3.05) is 12.4 Å². The van der Waals surface area contributed by atoms with Gasteiger partial charge in [-0.15, -0.1) is 0 Å². The molecule has 0 aromatic heterocycles. The molecule has 1 aliphatic heterocycles. The average Bonchev–Trinajstić information content (AvgIpc) is 2.28. The summed E-state index contributed by atoms with van der Waals surface area (Å²) >= 11 is 1.68. The number of hydrogen-bond acceptors (Lipinski definition) is 5. The lowest BCUT2D eigenvalue weighted by Crippen LogP contribution is -2.41. The van der Waals surface area contributed by atoms with Crippen molar-refractivity contribution < 1.29 is 9.53 Å². The fourth-order valence-electron chi connectivity index (χ4n) is 1.73. The van der Waals surface area contributed by atoms with Gasteiger partial charge in [0.15, 0.2) is 5.17 Å². The van der Waals surface area contributed by atoms with E-state index in [-0.39, 0.29) is 17.4 Å². The van der Waals surface area contributed by atoms with Gasteiger partial charge in [-0.2, -0.15) is 0 Å². The maximum absolute atomic E-state index is 11.5. The van der Waals surface area contributed by atoms with E-state index < -0.39 is 0 Å². The highest BCUT2D eigenvalue weighted by Gasteiger charge is 2.28. The zero-order valence-electron chi connectivity index (χ0n) is 11.9. The number of hydrogen-bond donors (Lipinski definition) is 1. The Labute approximate surface area is 114 Å². The largest absolute Gasteiger partial charge is 0.464 e. The van der Waals surface area contributed by atoms with Gasteiger partial charge in [-0.05, 0) is 25.7 Å². The first-order chi connectivity index (χ1) is 8.34. The molecule has 1 N–H and O–H groups in total. The molecule has 0 aromatic rings. The monoisotopic (exact) mass is 272 g/mol. The quantitative estimate of drug-likeness (QED) is 0.802. The molecule has 2 atom stereocenters. The van der Waals surface area contributed by atoms with Crippen molar-refractivity contribution >= 4 is 22.9 Å². The number of rotatable bonds is 3. The van der Waals surface area contributed by atoms with Gasteiger partial charge >= 0.3 is 5.97 Å². The van der Waals surface area contributed by atoms with Gasteiger partial charge in [0.25, 0.3) is 0 Å². The number of ether oxygens (including phenoxy) is 1. The van der Waals surface area contributed by atoms with Crippen molar-refractivity contribution in [1.82, 2.24) is 5.32 Å². The summed E-state index contributed by atoms with van der Waals surface area (Å²) in [5.74, 6) is 0.822. The highest BCUT2D eigenvalue weighted by atomic mass is 32.2. The van der Waals surface area contributed by atoms with Crippen molar-refractivity contribution in [1.29, 1.82) is 0 Å². The number of carbonyl (C=O) groups is 1. The Morgan fingerprint density at radius 3 is 2.83 bits per heavy atom. The second kappa shape index (κ2) is 6.45. The summed E-state index contributed by atoms with van der Waals surface area (Å²) < 4.78 is 4.97. The number of esters is 1. The lowest BCUT2D eigenvalue weighted by atomic mass is 9.85. The van der Waals surface area contributed by atoms with Gasteiger partial charge in [-0.1, -0.05) is 32.5 Å². The van der Waals surface area contributed by atoms with Crippen molar-refractivity contribution in [3.05, 3.63) is 0 Å². The van der Waals surface area contributed by atoms with Crippen LogP contribution >= 0.6 is 11.8 Å². The summed E-state index contributed by atoms with van der Waals surface area (Å²) in [5.41, 5.74) is 0.168. The van der Waals surface area contributed by atoms with Crippen molar-refractivity contribution in [3.8, 4) is 0 Å². The maximum atomic E-state index is 11.5. The fourth-order valence-corrected chi connectivity index (χ4v) is 2.72. The van der Waals surface area contributed by atoms with Crippen LogP contribution < -0.4 is 5.32 Å². The number of nitrogens with zero attached hydrogens (tertiary/aromatic N) is 1. The van der Waals surface area contributed by atoms with Gasteiger partial charge in [0.1, 0.15) is 6.04 Å². The Hall–Kier alpha value is -0.710. The summed E-state index contributed by atoms with van der Waals surface area (Å²) in [6.45, 7) is 10.6. The third-order valence-corrected chi connectivity index (χ3v) is 3.82. The zero-order chi connectivity index (χ0) is 13.8. The Morgan fingerprint density at radius 2 is 2.28 bits per heavy atom. The number of carbonyl (C=O) groups excluding carboxylic acids is 1. The molecule has 0 amide bonds. The van der Waals surface area contributed by atoms with E-state index in [1.807, 2.05) is 13.8 Å². The molecule has 18 heavy (non-hydrogen) atoms. The molecule has 0 saturated heterocycles. The van der Waals surface area contributed by atoms with E-state index >= 15 is 0 Å². The normalized spacial score (nSPS) is 22.1. The summed E-state index contributed by atoms with van der Waals surface area (Å²) in [5, 5.41) is 4.01. The Bertz CT molecular complexity index is 323. The third kappa shape index (κ3) is 4.52. The molecule has 1 heterocycles. The topological polar surface area (TPSA) is 50.7 Å². The molecule has 0 saturated carbocycles. The van der Waals surface area contributed by atoms with Gasteiger partial charge in [0.05, 0.1) is 12.6 Å². The van der Waals surface area contributed by atoms with Crippen molar-refractivity contribution in [2.24, 2.45) is 10.4 Å². The highest BCUT2D eigenvalue weighted by Crippen LogP contribution is 2.30. The number of nitrogens with one attached hydrogen (secondary N) is 1. The first-order valence-corrected chi connectivity index (χ1v) is 7.47. The Kier molecular flexibility index (Phi) is 5.50. The second-order valence-corrected chi connectivity index (χ2v) is 6.65. The Balaban J connectivity index is 2.61. The van der Waals surface area contributed by atoms with Crippen LogP contribution in [-0.2, 0) is 9.53 Å².